The molecule has 0 saturated carbocycles. The lowest BCUT2D eigenvalue weighted by molar-refractivity contribution is -0.114. The third-order valence-corrected chi connectivity index (χ3v) is 3.90. The number of likely N-dealkylation sites (N-methyl/N-ethyl adjacent to an activating group) is 1. The maximum atomic E-state index is 12.7. The first-order valence-electron chi connectivity index (χ1n) is 7.60. The number of aryl methyl sites for hydroxylation is 1. The number of ketones is 1. The molecule has 3 rings (SSSR count). The number of nitrogens with zero attached hydrogens (tertiary/aromatic N) is 1. The summed E-state index contributed by atoms with van der Waals surface area (Å²) in [7, 11) is 0. The van der Waals surface area contributed by atoms with Crippen molar-refractivity contribution in [2.45, 2.75) is 13.8 Å². The van der Waals surface area contributed by atoms with Gasteiger partial charge >= 0.3 is 0 Å². The van der Waals surface area contributed by atoms with Gasteiger partial charge in [-0.15, -0.1) is 0 Å². The second-order valence-electron chi connectivity index (χ2n) is 5.47. The molecule has 1 heterocycles. The maximum Gasteiger partial charge on any atom is 0.299 e. The molecule has 1 N–H and O–H groups in total. The number of aromatic amines is 1. The van der Waals surface area contributed by atoms with Gasteiger partial charge in [0.15, 0.2) is 0 Å². The Morgan fingerprint density at radius 3 is 2.61 bits per heavy atom. The van der Waals surface area contributed by atoms with E-state index in [1.165, 1.54) is 4.90 Å². The van der Waals surface area contributed by atoms with Gasteiger partial charge in [0.25, 0.3) is 11.7 Å². The molecule has 0 atom stereocenters. The molecule has 1 amide bonds. The van der Waals surface area contributed by atoms with Crippen molar-refractivity contribution in [3.05, 3.63) is 65.9 Å². The number of benzene rings is 2. The first-order valence-corrected chi connectivity index (χ1v) is 7.60. The Hall–Kier alpha value is -2.88. The predicted octanol–water partition coefficient (Wildman–Crippen LogP) is 3.71. The number of H-pyrrole nitrogens is 1. The Balaban J connectivity index is 1.96. The van der Waals surface area contributed by atoms with E-state index in [0.29, 0.717) is 12.1 Å². The molecule has 0 spiro atoms. The lowest BCUT2D eigenvalue weighted by atomic mass is 10.1. The summed E-state index contributed by atoms with van der Waals surface area (Å²) >= 11 is 0. The van der Waals surface area contributed by atoms with Crippen LogP contribution in [0.4, 0.5) is 5.69 Å². The molecule has 0 aliphatic rings. The average Bonchev–Trinajstić information content (AvgIpc) is 2.99. The molecule has 4 heteroatoms. The van der Waals surface area contributed by atoms with Crippen LogP contribution in [-0.4, -0.2) is 23.2 Å². The molecule has 0 fully saturated rings. The minimum Gasteiger partial charge on any atom is -0.360 e. The molecular weight excluding hydrogens is 288 g/mol. The fourth-order valence-corrected chi connectivity index (χ4v) is 2.74. The fraction of sp³-hybridized carbons (Fsp3) is 0.158. The summed E-state index contributed by atoms with van der Waals surface area (Å²) in [5, 5.41) is 0.770. The van der Waals surface area contributed by atoms with Crippen LogP contribution in [0.3, 0.4) is 0 Å². The van der Waals surface area contributed by atoms with Gasteiger partial charge in [-0.2, -0.15) is 0 Å². The third-order valence-electron chi connectivity index (χ3n) is 3.90. The molecular formula is C19H18N2O2. The van der Waals surface area contributed by atoms with Crippen LogP contribution in [0.5, 0.6) is 0 Å². The van der Waals surface area contributed by atoms with Gasteiger partial charge in [-0.1, -0.05) is 30.3 Å². The number of para-hydroxylation sites is 1. The largest absolute Gasteiger partial charge is 0.360 e. The minimum atomic E-state index is -0.511. The number of hydrogen-bond donors (Lipinski definition) is 1. The van der Waals surface area contributed by atoms with Crippen LogP contribution in [0.1, 0.15) is 22.8 Å². The standard InChI is InChI=1S/C19H18N2O2/c1-3-21(14-8-6-7-13(2)11-14)19(23)18(22)16-12-20-17-10-5-4-9-15(16)17/h4-12,20H,3H2,1-2H3. The number of anilines is 1. The molecule has 4 nitrogen and oxygen atoms in total. The highest BCUT2D eigenvalue weighted by Gasteiger charge is 2.25. The Kier molecular flexibility index (Phi) is 3.98. The van der Waals surface area contributed by atoms with Crippen molar-refractivity contribution in [3.8, 4) is 0 Å². The van der Waals surface area contributed by atoms with Crippen molar-refractivity contribution in [3.63, 3.8) is 0 Å². The van der Waals surface area contributed by atoms with Crippen LogP contribution in [-0.2, 0) is 4.79 Å². The van der Waals surface area contributed by atoms with Gasteiger partial charge in [-0.3, -0.25) is 9.59 Å². The molecule has 2 aromatic carbocycles. The Morgan fingerprint density at radius 2 is 1.87 bits per heavy atom. The monoisotopic (exact) mass is 306 g/mol. The van der Waals surface area contributed by atoms with Gasteiger partial charge < -0.3 is 9.88 Å². The molecule has 116 valence electrons. The van der Waals surface area contributed by atoms with Crippen LogP contribution in [0.2, 0.25) is 0 Å². The zero-order chi connectivity index (χ0) is 16.4. The van der Waals surface area contributed by atoms with Gasteiger partial charge in [0, 0.05) is 29.3 Å². The van der Waals surface area contributed by atoms with E-state index in [0.717, 1.165) is 22.2 Å². The van der Waals surface area contributed by atoms with E-state index in [9.17, 15) is 9.59 Å². The molecule has 3 aromatic rings. The first kappa shape index (κ1) is 15.0. The number of rotatable bonds is 4. The molecule has 0 aliphatic carbocycles. The van der Waals surface area contributed by atoms with Gasteiger partial charge in [0.1, 0.15) is 0 Å². The lowest BCUT2D eigenvalue weighted by Gasteiger charge is -2.20. The predicted molar refractivity (Wildman–Crippen MR) is 91.8 cm³/mol. The third kappa shape index (κ3) is 2.75. The summed E-state index contributed by atoms with van der Waals surface area (Å²) in [6, 6.07) is 15.1. The van der Waals surface area contributed by atoms with Crippen LogP contribution < -0.4 is 4.90 Å². The molecule has 0 bridgehead atoms. The highest BCUT2D eigenvalue weighted by Crippen LogP contribution is 2.21. The highest BCUT2D eigenvalue weighted by atomic mass is 16.2. The molecule has 0 radical (unpaired) electrons. The smallest absolute Gasteiger partial charge is 0.299 e. The van der Waals surface area contributed by atoms with Crippen molar-refractivity contribution in [1.29, 1.82) is 0 Å². The second-order valence-corrected chi connectivity index (χ2v) is 5.47. The quantitative estimate of drug-likeness (QED) is 0.590. The minimum absolute atomic E-state index is 0.414. The van der Waals surface area contributed by atoms with Gasteiger partial charge in [-0.25, -0.2) is 0 Å². The summed E-state index contributed by atoms with van der Waals surface area (Å²) in [5.41, 5.74) is 3.05. The summed E-state index contributed by atoms with van der Waals surface area (Å²) in [4.78, 5) is 29.9. The van der Waals surface area contributed by atoms with Crippen molar-refractivity contribution >= 4 is 28.3 Å². The van der Waals surface area contributed by atoms with E-state index in [1.807, 2.05) is 62.4 Å². The highest BCUT2D eigenvalue weighted by molar-refractivity contribution is 6.48. The topological polar surface area (TPSA) is 53.2 Å². The lowest BCUT2D eigenvalue weighted by Crippen LogP contribution is -2.36. The Bertz CT molecular complexity index is 880. The summed E-state index contributed by atoms with van der Waals surface area (Å²) < 4.78 is 0. The van der Waals surface area contributed by atoms with Gasteiger partial charge in [0.2, 0.25) is 0 Å². The number of Topliss-reactive ketones (excluding diaryl/α,β-unsaturated/α-hetero) is 1. The van der Waals surface area contributed by atoms with Gasteiger partial charge in [-0.05, 0) is 37.6 Å². The summed E-state index contributed by atoms with van der Waals surface area (Å²) in [5.74, 6) is -1.01. The average molecular weight is 306 g/mol. The van der Waals surface area contributed by atoms with Crippen LogP contribution in [0.15, 0.2) is 54.7 Å². The van der Waals surface area contributed by atoms with Crippen LogP contribution in [0, 0.1) is 6.92 Å². The van der Waals surface area contributed by atoms with E-state index in [1.54, 1.807) is 6.20 Å². The van der Waals surface area contributed by atoms with Crippen molar-refractivity contribution in [2.24, 2.45) is 0 Å². The molecule has 0 saturated heterocycles. The molecule has 23 heavy (non-hydrogen) atoms. The van der Waals surface area contributed by atoms with Crippen LogP contribution >= 0.6 is 0 Å². The number of nitrogens with one attached hydrogen (secondary N) is 1. The van der Waals surface area contributed by atoms with Crippen molar-refractivity contribution in [2.75, 3.05) is 11.4 Å². The number of carbonyl (C=O) groups excluding carboxylic acids is 2. The first-order chi connectivity index (χ1) is 11.1. The number of amides is 1. The van der Waals surface area contributed by atoms with E-state index in [2.05, 4.69) is 4.98 Å². The van der Waals surface area contributed by atoms with Gasteiger partial charge in [0.05, 0.1) is 5.56 Å². The fourth-order valence-electron chi connectivity index (χ4n) is 2.74. The zero-order valence-corrected chi connectivity index (χ0v) is 13.2. The van der Waals surface area contributed by atoms with Crippen molar-refractivity contribution in [1.82, 2.24) is 4.98 Å². The second kappa shape index (κ2) is 6.08. The zero-order valence-electron chi connectivity index (χ0n) is 13.2. The van der Waals surface area contributed by atoms with E-state index < -0.39 is 11.7 Å². The summed E-state index contributed by atoms with van der Waals surface area (Å²) in [6.45, 7) is 4.27. The van der Waals surface area contributed by atoms with E-state index >= 15 is 0 Å². The number of aromatic nitrogens is 1. The summed E-state index contributed by atoms with van der Waals surface area (Å²) in [6.07, 6.45) is 1.61. The van der Waals surface area contributed by atoms with E-state index in [4.69, 9.17) is 0 Å². The van der Waals surface area contributed by atoms with Crippen molar-refractivity contribution < 1.29 is 9.59 Å². The van der Waals surface area contributed by atoms with E-state index in [-0.39, 0.29) is 0 Å². The SMILES string of the molecule is CCN(C(=O)C(=O)c1c[nH]c2ccccc12)c1cccc(C)c1. The normalized spacial score (nSPS) is 10.7. The number of fused-ring (bicyclic) bond motifs is 1. The number of carbonyl (C=O) groups is 2. The maximum absolute atomic E-state index is 12.7. The Morgan fingerprint density at radius 1 is 1.09 bits per heavy atom. The Labute approximate surface area is 134 Å². The molecule has 1 aromatic heterocycles. The van der Waals surface area contributed by atoms with Crippen LogP contribution in [0.25, 0.3) is 10.9 Å². The number of hydrogen-bond acceptors (Lipinski definition) is 2. The molecule has 0 unspecified atom stereocenters. The molecule has 0 aliphatic heterocycles.